The Kier molecular flexibility index (Phi) is 5.40. The van der Waals surface area contributed by atoms with Crippen LogP contribution in [0.15, 0.2) is 43.0 Å². The number of anilines is 1. The lowest BCUT2D eigenvalue weighted by Gasteiger charge is -2.17. The monoisotopic (exact) mass is 413 g/mol. The van der Waals surface area contributed by atoms with Crippen LogP contribution in [0.3, 0.4) is 0 Å². The summed E-state index contributed by atoms with van der Waals surface area (Å²) in [6, 6.07) is 8.66. The zero-order chi connectivity index (χ0) is 21.3. The molecule has 156 valence electrons. The first kappa shape index (κ1) is 19.9. The number of alkyl halides is 1. The molecule has 1 saturated heterocycles. The first-order valence-corrected chi connectivity index (χ1v) is 9.50. The molecule has 1 aromatic carbocycles. The molecule has 4 rings (SSSR count). The fourth-order valence-electron chi connectivity index (χ4n) is 3.48. The maximum atomic E-state index is 15.1. The van der Waals surface area contributed by atoms with Gasteiger partial charge in [-0.15, -0.1) is 0 Å². The number of amides is 1. The normalized spacial score (nSPS) is 23.4. The molecule has 0 unspecified atom stereocenters. The summed E-state index contributed by atoms with van der Waals surface area (Å²) in [7, 11) is 0. The van der Waals surface area contributed by atoms with Gasteiger partial charge < -0.3 is 14.8 Å². The van der Waals surface area contributed by atoms with Gasteiger partial charge in [-0.25, -0.2) is 19.3 Å². The van der Waals surface area contributed by atoms with Crippen molar-refractivity contribution in [3.05, 3.63) is 48.5 Å². The second-order valence-electron chi connectivity index (χ2n) is 6.86. The van der Waals surface area contributed by atoms with Gasteiger partial charge in [-0.05, 0) is 18.6 Å². The molecule has 1 aliphatic heterocycles. The second-order valence-corrected chi connectivity index (χ2v) is 6.86. The molecule has 4 atom stereocenters. The van der Waals surface area contributed by atoms with Gasteiger partial charge in [0.1, 0.15) is 12.4 Å². The van der Waals surface area contributed by atoms with Crippen LogP contribution in [0.5, 0.6) is 0 Å². The predicted molar refractivity (Wildman–Crippen MR) is 104 cm³/mol. The minimum Gasteiger partial charge on any atom is -0.456 e. The molecule has 1 fully saturated rings. The van der Waals surface area contributed by atoms with Crippen LogP contribution in [-0.4, -0.2) is 49.8 Å². The predicted octanol–water partition coefficient (Wildman–Crippen LogP) is 2.66. The van der Waals surface area contributed by atoms with Crippen LogP contribution in [0.1, 0.15) is 36.9 Å². The lowest BCUT2D eigenvalue weighted by Crippen LogP contribution is -2.33. The van der Waals surface area contributed by atoms with E-state index in [1.54, 1.807) is 24.3 Å². The van der Waals surface area contributed by atoms with E-state index in [1.807, 2.05) is 13.0 Å². The molecule has 9 nitrogen and oxygen atoms in total. The van der Waals surface area contributed by atoms with Crippen LogP contribution in [0.25, 0.3) is 11.2 Å². The maximum absolute atomic E-state index is 15.1. The van der Waals surface area contributed by atoms with Crippen molar-refractivity contribution in [3.63, 3.8) is 0 Å². The third-order valence-corrected chi connectivity index (χ3v) is 4.87. The lowest BCUT2D eigenvalue weighted by atomic mass is 10.1. The van der Waals surface area contributed by atoms with Crippen molar-refractivity contribution < 1.29 is 23.5 Å². The second kappa shape index (κ2) is 8.15. The molecular weight excluding hydrogens is 393 g/mol. The summed E-state index contributed by atoms with van der Waals surface area (Å²) in [6.45, 7) is 3.05. The van der Waals surface area contributed by atoms with Crippen molar-refractivity contribution >= 4 is 28.9 Å². The van der Waals surface area contributed by atoms with Gasteiger partial charge >= 0.3 is 5.97 Å². The number of imidazole rings is 1. The van der Waals surface area contributed by atoms with Gasteiger partial charge in [-0.2, -0.15) is 0 Å². The molecule has 3 aromatic rings. The molecule has 10 heteroatoms. The Morgan fingerprint density at radius 1 is 1.23 bits per heavy atom. The number of esters is 1. The summed E-state index contributed by atoms with van der Waals surface area (Å²) in [6.07, 6.45) is -1.19. The molecule has 3 heterocycles. The van der Waals surface area contributed by atoms with Crippen molar-refractivity contribution in [2.75, 3.05) is 5.32 Å². The van der Waals surface area contributed by atoms with Crippen LogP contribution in [0.2, 0.25) is 0 Å². The number of carbonyl (C=O) groups is 2. The molecule has 1 N–H and O–H groups in total. The molecule has 0 saturated carbocycles. The van der Waals surface area contributed by atoms with Gasteiger partial charge in [-0.1, -0.05) is 25.1 Å². The number of ether oxygens (including phenoxy) is 2. The first-order valence-electron chi connectivity index (χ1n) is 9.50. The van der Waals surface area contributed by atoms with Gasteiger partial charge in [0.15, 0.2) is 35.5 Å². The van der Waals surface area contributed by atoms with E-state index >= 15 is 4.39 Å². The van der Waals surface area contributed by atoms with Crippen LogP contribution in [-0.2, 0) is 14.3 Å². The van der Waals surface area contributed by atoms with E-state index in [1.165, 1.54) is 24.1 Å². The van der Waals surface area contributed by atoms with Crippen molar-refractivity contribution in [1.82, 2.24) is 19.5 Å². The number of benzene rings is 1. The fourth-order valence-corrected chi connectivity index (χ4v) is 3.48. The highest BCUT2D eigenvalue weighted by Crippen LogP contribution is 2.37. The topological polar surface area (TPSA) is 108 Å². The smallest absolute Gasteiger partial charge is 0.303 e. The van der Waals surface area contributed by atoms with Gasteiger partial charge in [0.2, 0.25) is 0 Å². The average molecular weight is 413 g/mol. The Morgan fingerprint density at radius 2 is 2.00 bits per heavy atom. The highest BCUT2D eigenvalue weighted by Gasteiger charge is 2.48. The van der Waals surface area contributed by atoms with Gasteiger partial charge in [-0.3, -0.25) is 14.2 Å². The van der Waals surface area contributed by atoms with Crippen molar-refractivity contribution in [3.8, 4) is 0 Å². The summed E-state index contributed by atoms with van der Waals surface area (Å²) in [4.78, 5) is 36.3. The van der Waals surface area contributed by atoms with Crippen molar-refractivity contribution in [2.45, 2.75) is 44.9 Å². The number of fused-ring (bicyclic) bond motifs is 1. The maximum Gasteiger partial charge on any atom is 0.303 e. The summed E-state index contributed by atoms with van der Waals surface area (Å²) >= 11 is 0. The quantitative estimate of drug-likeness (QED) is 0.641. The van der Waals surface area contributed by atoms with E-state index in [-0.39, 0.29) is 11.7 Å². The molecule has 0 radical (unpaired) electrons. The molecule has 2 aromatic heterocycles. The highest BCUT2D eigenvalue weighted by molar-refractivity contribution is 6.06. The summed E-state index contributed by atoms with van der Waals surface area (Å²) < 4.78 is 27.5. The number of rotatable bonds is 5. The minimum atomic E-state index is -1.60. The third kappa shape index (κ3) is 3.61. The number of aromatic nitrogens is 4. The summed E-state index contributed by atoms with van der Waals surface area (Å²) in [5, 5.41) is 2.70. The van der Waals surface area contributed by atoms with Crippen molar-refractivity contribution in [1.29, 1.82) is 0 Å². The van der Waals surface area contributed by atoms with E-state index in [2.05, 4.69) is 20.3 Å². The van der Waals surface area contributed by atoms with Crippen LogP contribution in [0, 0.1) is 0 Å². The lowest BCUT2D eigenvalue weighted by molar-refractivity contribution is -0.151. The third-order valence-electron chi connectivity index (χ3n) is 4.87. The standard InChI is InChI=1S/C20H20FN5O4/c1-3-13-16(29-11(2)27)14(21)20(30-13)26-10-24-15-17(22-9-23-18(15)26)25-19(28)12-7-5-4-6-8-12/h4-10,13-14,16,20H,3H2,1-2H3,(H,22,23,25,28)/t13-,14+,16+,20-/m1/s1. The zero-order valence-corrected chi connectivity index (χ0v) is 16.4. The number of nitrogens with zero attached hydrogens (tertiary/aromatic N) is 4. The first-order chi connectivity index (χ1) is 14.5. The number of hydrogen-bond acceptors (Lipinski definition) is 7. The minimum absolute atomic E-state index is 0.199. The Balaban J connectivity index is 1.63. The number of hydrogen-bond donors (Lipinski definition) is 1. The fraction of sp³-hybridized carbons (Fsp3) is 0.350. The average Bonchev–Trinajstić information content (AvgIpc) is 3.30. The molecule has 1 aliphatic rings. The zero-order valence-electron chi connectivity index (χ0n) is 16.4. The molecular formula is C20H20FN5O4. The van der Waals surface area contributed by atoms with E-state index in [4.69, 9.17) is 9.47 Å². The van der Waals surface area contributed by atoms with Crippen LogP contribution < -0.4 is 5.32 Å². The van der Waals surface area contributed by atoms with Gasteiger partial charge in [0, 0.05) is 12.5 Å². The SMILES string of the molecule is CC[C@H]1O[C@@H](n2cnc3c(NC(=O)c4ccccc4)ncnc32)[C@@H](F)[C@H]1OC(C)=O. The van der Waals surface area contributed by atoms with Crippen LogP contribution in [0.4, 0.5) is 10.2 Å². The molecule has 30 heavy (non-hydrogen) atoms. The van der Waals surface area contributed by atoms with E-state index in [0.29, 0.717) is 23.1 Å². The molecule has 0 aliphatic carbocycles. The van der Waals surface area contributed by atoms with Gasteiger partial charge in [0.25, 0.3) is 5.91 Å². The molecule has 0 bridgehead atoms. The highest BCUT2D eigenvalue weighted by atomic mass is 19.1. The van der Waals surface area contributed by atoms with Crippen molar-refractivity contribution in [2.24, 2.45) is 0 Å². The Labute approximate surface area is 171 Å². The number of nitrogens with one attached hydrogen (secondary N) is 1. The molecule has 1 amide bonds. The number of carbonyl (C=O) groups excluding carboxylic acids is 2. The largest absolute Gasteiger partial charge is 0.456 e. The molecule has 0 spiro atoms. The van der Waals surface area contributed by atoms with E-state index < -0.39 is 30.6 Å². The summed E-state index contributed by atoms with van der Waals surface area (Å²) in [5.74, 6) is -0.731. The number of halogens is 1. The Bertz CT molecular complexity index is 1070. The van der Waals surface area contributed by atoms with Gasteiger partial charge in [0.05, 0.1) is 6.33 Å². The van der Waals surface area contributed by atoms with E-state index in [9.17, 15) is 9.59 Å². The summed E-state index contributed by atoms with van der Waals surface area (Å²) in [5.41, 5.74) is 1.04. The van der Waals surface area contributed by atoms with Crippen LogP contribution >= 0.6 is 0 Å². The Hall–Kier alpha value is -3.40. The Morgan fingerprint density at radius 3 is 2.70 bits per heavy atom. The van der Waals surface area contributed by atoms with E-state index in [0.717, 1.165) is 0 Å².